The van der Waals surface area contributed by atoms with Gasteiger partial charge >= 0.3 is 0 Å². The lowest BCUT2D eigenvalue weighted by molar-refractivity contribution is 0.0996. The summed E-state index contributed by atoms with van der Waals surface area (Å²) < 4.78 is 5.55. The van der Waals surface area contributed by atoms with Crippen molar-refractivity contribution in [1.29, 1.82) is 0 Å². The number of carbonyl (C=O) groups excluding carboxylic acids is 1. The third kappa shape index (κ3) is 4.14. The van der Waals surface area contributed by atoms with Crippen molar-refractivity contribution in [2.24, 2.45) is 0 Å². The zero-order chi connectivity index (χ0) is 20.4. The fourth-order valence-corrected chi connectivity index (χ4v) is 2.90. The largest absolute Gasteiger partial charge is 0.435 e. The lowest BCUT2D eigenvalue weighted by Crippen LogP contribution is -2.13. The molecule has 1 N–H and O–H groups in total. The fraction of sp³-hybridized carbons (Fsp3) is 0.0952. The van der Waals surface area contributed by atoms with Gasteiger partial charge in [-0.2, -0.15) is 0 Å². The quantitative estimate of drug-likeness (QED) is 0.528. The number of amides is 1. The number of pyridine rings is 1. The molecule has 7 nitrogen and oxygen atoms in total. The third-order valence-corrected chi connectivity index (χ3v) is 4.32. The Morgan fingerprint density at radius 1 is 1.00 bits per heavy atom. The van der Waals surface area contributed by atoms with Crippen molar-refractivity contribution in [3.8, 4) is 22.8 Å². The number of benzene rings is 1. The molecule has 0 aliphatic rings. The number of oxazole rings is 1. The van der Waals surface area contributed by atoms with Gasteiger partial charge in [-0.3, -0.25) is 4.79 Å². The molecule has 0 atom stereocenters. The second-order valence-corrected chi connectivity index (χ2v) is 6.74. The summed E-state index contributed by atoms with van der Waals surface area (Å²) >= 11 is 5.95. The molecule has 0 aliphatic heterocycles. The number of aryl methyl sites for hydroxylation is 2. The first kappa shape index (κ1) is 18.8. The van der Waals surface area contributed by atoms with Crippen molar-refractivity contribution in [2.75, 3.05) is 5.32 Å². The number of halogens is 1. The van der Waals surface area contributed by atoms with Gasteiger partial charge in [-0.25, -0.2) is 19.9 Å². The Morgan fingerprint density at radius 2 is 1.79 bits per heavy atom. The first-order valence-electron chi connectivity index (χ1n) is 8.81. The molecule has 0 saturated carbocycles. The molecule has 4 aromatic rings. The van der Waals surface area contributed by atoms with Crippen LogP contribution in [0.15, 0.2) is 59.1 Å². The Hall–Kier alpha value is -3.58. The van der Waals surface area contributed by atoms with Gasteiger partial charge in [0.2, 0.25) is 5.76 Å². The van der Waals surface area contributed by atoms with Crippen LogP contribution in [-0.4, -0.2) is 25.8 Å². The monoisotopic (exact) mass is 405 g/mol. The van der Waals surface area contributed by atoms with Crippen LogP contribution in [0.3, 0.4) is 0 Å². The molecule has 144 valence electrons. The van der Waals surface area contributed by atoms with Crippen LogP contribution in [0, 0.1) is 13.8 Å². The molecule has 3 aromatic heterocycles. The number of hydrogen-bond donors (Lipinski definition) is 1. The molecule has 0 unspecified atom stereocenters. The summed E-state index contributed by atoms with van der Waals surface area (Å²) in [4.78, 5) is 30.2. The predicted octanol–water partition coefficient (Wildman–Crippen LogP) is 4.72. The average Bonchev–Trinajstić information content (AvgIpc) is 3.11. The SMILES string of the molecule is Cc1cccc(-c2nccc(NC(=O)c3oc(C)nc3-c3ccc(Cl)cc3)n2)n1. The topological polar surface area (TPSA) is 93.8 Å². The van der Waals surface area contributed by atoms with Gasteiger partial charge in [0.05, 0.1) is 0 Å². The molecule has 1 aromatic carbocycles. The number of nitrogens with zero attached hydrogens (tertiary/aromatic N) is 4. The van der Waals surface area contributed by atoms with Gasteiger partial charge in [0, 0.05) is 29.4 Å². The predicted molar refractivity (Wildman–Crippen MR) is 110 cm³/mol. The summed E-state index contributed by atoms with van der Waals surface area (Å²) in [5, 5.41) is 3.34. The molecule has 0 aliphatic carbocycles. The summed E-state index contributed by atoms with van der Waals surface area (Å²) in [6.07, 6.45) is 1.56. The van der Waals surface area contributed by atoms with Crippen molar-refractivity contribution < 1.29 is 9.21 Å². The average molecular weight is 406 g/mol. The van der Waals surface area contributed by atoms with Crippen LogP contribution >= 0.6 is 11.6 Å². The minimum Gasteiger partial charge on any atom is -0.435 e. The van der Waals surface area contributed by atoms with E-state index in [1.54, 1.807) is 43.5 Å². The van der Waals surface area contributed by atoms with Gasteiger partial charge in [-0.1, -0.05) is 29.8 Å². The van der Waals surface area contributed by atoms with Crippen molar-refractivity contribution in [1.82, 2.24) is 19.9 Å². The van der Waals surface area contributed by atoms with E-state index in [2.05, 4.69) is 25.3 Å². The molecule has 0 radical (unpaired) electrons. The molecule has 0 fully saturated rings. The smallest absolute Gasteiger partial charge is 0.294 e. The second kappa shape index (κ2) is 7.81. The molecule has 0 spiro atoms. The van der Waals surface area contributed by atoms with Crippen molar-refractivity contribution in [2.45, 2.75) is 13.8 Å². The van der Waals surface area contributed by atoms with Gasteiger partial charge in [0.25, 0.3) is 5.91 Å². The normalized spacial score (nSPS) is 10.7. The first-order valence-corrected chi connectivity index (χ1v) is 9.19. The zero-order valence-corrected chi connectivity index (χ0v) is 16.4. The van der Waals surface area contributed by atoms with E-state index in [0.29, 0.717) is 33.9 Å². The lowest BCUT2D eigenvalue weighted by atomic mass is 10.1. The molecular weight excluding hydrogens is 390 g/mol. The van der Waals surface area contributed by atoms with Crippen LogP contribution in [0.5, 0.6) is 0 Å². The van der Waals surface area contributed by atoms with Crippen molar-refractivity contribution >= 4 is 23.3 Å². The van der Waals surface area contributed by atoms with Gasteiger partial charge in [0.15, 0.2) is 11.7 Å². The highest BCUT2D eigenvalue weighted by atomic mass is 35.5. The molecule has 0 saturated heterocycles. The van der Waals surface area contributed by atoms with Crippen molar-refractivity contribution in [3.05, 3.63) is 77.1 Å². The number of rotatable bonds is 4. The summed E-state index contributed by atoms with van der Waals surface area (Å²) in [5.41, 5.74) is 2.64. The van der Waals surface area contributed by atoms with E-state index in [1.807, 2.05) is 25.1 Å². The maximum Gasteiger partial charge on any atom is 0.294 e. The minimum atomic E-state index is -0.461. The Bertz CT molecular complexity index is 1190. The summed E-state index contributed by atoms with van der Waals surface area (Å²) in [6.45, 7) is 3.57. The van der Waals surface area contributed by atoms with Crippen molar-refractivity contribution in [3.63, 3.8) is 0 Å². The van der Waals surface area contributed by atoms with Crippen LogP contribution in [0.2, 0.25) is 5.02 Å². The zero-order valence-electron chi connectivity index (χ0n) is 15.7. The van der Waals surface area contributed by atoms with Gasteiger partial charge in [-0.15, -0.1) is 0 Å². The fourth-order valence-electron chi connectivity index (χ4n) is 2.78. The van der Waals surface area contributed by atoms with E-state index in [0.717, 1.165) is 11.3 Å². The standard InChI is InChI=1S/C21H16ClN5O2/c1-12-4-3-5-16(24-12)20-23-11-10-17(26-20)27-21(28)19-18(25-13(2)29-19)14-6-8-15(22)9-7-14/h3-11H,1-2H3,(H,23,26,27,28). The van der Waals surface area contributed by atoms with Crippen LogP contribution < -0.4 is 5.32 Å². The third-order valence-electron chi connectivity index (χ3n) is 4.07. The maximum absolute atomic E-state index is 12.8. The maximum atomic E-state index is 12.8. The summed E-state index contributed by atoms with van der Waals surface area (Å²) in [6, 6.07) is 14.2. The van der Waals surface area contributed by atoms with Gasteiger partial charge in [0.1, 0.15) is 17.2 Å². The Kier molecular flexibility index (Phi) is 5.05. The number of anilines is 1. The van der Waals surface area contributed by atoms with Crippen LogP contribution in [-0.2, 0) is 0 Å². The molecule has 1 amide bonds. The molecule has 0 bridgehead atoms. The molecule has 8 heteroatoms. The Balaban J connectivity index is 1.62. The highest BCUT2D eigenvalue weighted by molar-refractivity contribution is 6.30. The number of aromatic nitrogens is 4. The molecule has 4 rings (SSSR count). The molecular formula is C21H16ClN5O2. The summed E-state index contributed by atoms with van der Waals surface area (Å²) in [5.74, 6) is 0.765. The van der Waals surface area contributed by atoms with E-state index in [9.17, 15) is 4.79 Å². The second-order valence-electron chi connectivity index (χ2n) is 6.30. The number of hydrogen-bond acceptors (Lipinski definition) is 6. The van der Waals surface area contributed by atoms with Gasteiger partial charge in [-0.05, 0) is 37.3 Å². The minimum absolute atomic E-state index is 0.0960. The Labute approximate surface area is 171 Å². The van der Waals surface area contributed by atoms with Crippen LogP contribution in [0.4, 0.5) is 5.82 Å². The van der Waals surface area contributed by atoms with E-state index >= 15 is 0 Å². The van der Waals surface area contributed by atoms with E-state index < -0.39 is 5.91 Å². The highest BCUT2D eigenvalue weighted by Gasteiger charge is 2.21. The number of nitrogens with one attached hydrogen (secondary N) is 1. The van der Waals surface area contributed by atoms with Crippen LogP contribution in [0.1, 0.15) is 22.1 Å². The molecule has 3 heterocycles. The summed E-state index contributed by atoms with van der Waals surface area (Å²) in [7, 11) is 0. The first-order chi connectivity index (χ1) is 14.0. The van der Waals surface area contributed by atoms with E-state index in [-0.39, 0.29) is 5.76 Å². The highest BCUT2D eigenvalue weighted by Crippen LogP contribution is 2.26. The van der Waals surface area contributed by atoms with Gasteiger partial charge < -0.3 is 9.73 Å². The molecule has 29 heavy (non-hydrogen) atoms. The number of carbonyl (C=O) groups is 1. The van der Waals surface area contributed by atoms with E-state index in [1.165, 1.54) is 0 Å². The Morgan fingerprint density at radius 3 is 2.55 bits per heavy atom. The van der Waals surface area contributed by atoms with Crippen LogP contribution in [0.25, 0.3) is 22.8 Å². The van der Waals surface area contributed by atoms with E-state index in [4.69, 9.17) is 16.0 Å². The lowest BCUT2D eigenvalue weighted by Gasteiger charge is -2.06.